The average Bonchev–Trinajstić information content (AvgIpc) is 3.21. The van der Waals surface area contributed by atoms with Crippen molar-refractivity contribution in [3.63, 3.8) is 0 Å². The van der Waals surface area contributed by atoms with Crippen LogP contribution in [0, 0.1) is 13.8 Å². The minimum Gasteiger partial charge on any atom is -0.461 e. The first kappa shape index (κ1) is 52.6. The van der Waals surface area contributed by atoms with E-state index >= 15 is 0 Å². The zero-order valence-corrected chi connectivity index (χ0v) is 38.6. The maximum absolute atomic E-state index is 11.9. The van der Waals surface area contributed by atoms with E-state index < -0.39 is 0 Å². The van der Waals surface area contributed by atoms with Gasteiger partial charge in [0.1, 0.15) is 12.4 Å². The number of anilines is 3. The molecule has 0 aromatic heterocycles. The normalized spacial score (nSPS) is 10.4. The lowest BCUT2D eigenvalue weighted by atomic mass is 10.00. The number of esters is 2. The molecule has 0 aliphatic rings. The number of unbranched alkanes of at least 4 members (excludes halogenated alkanes) is 6. The molecule has 3 aromatic carbocycles. The Balaban J connectivity index is 0.000000450. The monoisotopic (exact) mass is 817 g/mol. The average molecular weight is 817 g/mol. The Morgan fingerprint density at radius 2 is 1.17 bits per heavy atom. The summed E-state index contributed by atoms with van der Waals surface area (Å²) >= 11 is 0. The van der Waals surface area contributed by atoms with Gasteiger partial charge in [-0.05, 0) is 125 Å². The van der Waals surface area contributed by atoms with Gasteiger partial charge in [0.25, 0.3) is 0 Å². The summed E-state index contributed by atoms with van der Waals surface area (Å²) in [5.74, 6) is 0.223. The van der Waals surface area contributed by atoms with Crippen molar-refractivity contribution in [2.24, 2.45) is 0 Å². The number of hydrogen-bond acceptors (Lipinski definition) is 9. The Kier molecular flexibility index (Phi) is 29.0. The number of carbonyl (C=O) groups is 3. The molecule has 0 aliphatic heterocycles. The molecule has 0 spiro atoms. The van der Waals surface area contributed by atoms with Gasteiger partial charge in [-0.25, -0.2) is 4.79 Å². The zero-order valence-electron chi connectivity index (χ0n) is 38.6. The molecule has 0 radical (unpaired) electrons. The Hall–Kier alpha value is -4.37. The van der Waals surface area contributed by atoms with Crippen LogP contribution in [0.5, 0.6) is 5.75 Å². The first-order valence-corrected chi connectivity index (χ1v) is 22.6. The lowest BCUT2D eigenvalue weighted by Crippen LogP contribution is -2.27. The molecule has 0 fully saturated rings. The van der Waals surface area contributed by atoms with Crippen molar-refractivity contribution in [1.82, 2.24) is 5.32 Å². The van der Waals surface area contributed by atoms with Gasteiger partial charge in [0.15, 0.2) is 5.78 Å². The van der Waals surface area contributed by atoms with E-state index in [0.29, 0.717) is 24.5 Å². The van der Waals surface area contributed by atoms with E-state index in [1.165, 1.54) is 76.0 Å². The predicted octanol–water partition coefficient (Wildman–Crippen LogP) is 12.1. The summed E-state index contributed by atoms with van der Waals surface area (Å²) in [6.07, 6.45) is 14.4. The number of nitrogens with zero attached hydrogens (tertiary/aromatic N) is 1. The van der Waals surface area contributed by atoms with Gasteiger partial charge in [-0.3, -0.25) is 9.59 Å². The molecule has 59 heavy (non-hydrogen) atoms. The van der Waals surface area contributed by atoms with Gasteiger partial charge in [0, 0.05) is 62.3 Å². The molecule has 3 rings (SSSR count). The van der Waals surface area contributed by atoms with Crippen LogP contribution >= 0.6 is 0 Å². The fourth-order valence-corrected chi connectivity index (χ4v) is 6.23. The molecule has 0 heterocycles. The SMILES string of the molecule is CCCCCc1ccc(C(C)=O)cc1N(CCCC)CCCC.CCCCNc1ccc(C(=O)OCCNCC)cc1C.CCCCNc1ccc(OC(C)=O)cc1C. The summed E-state index contributed by atoms with van der Waals surface area (Å²) in [4.78, 5) is 37.0. The van der Waals surface area contributed by atoms with Crippen LogP contribution in [-0.2, 0) is 16.0 Å². The molecule has 9 heteroatoms. The molecule has 0 atom stereocenters. The Morgan fingerprint density at radius 1 is 0.610 bits per heavy atom. The number of benzene rings is 3. The highest BCUT2D eigenvalue weighted by atomic mass is 16.5. The van der Waals surface area contributed by atoms with Gasteiger partial charge in [0.05, 0.1) is 5.56 Å². The second-order valence-corrected chi connectivity index (χ2v) is 15.2. The van der Waals surface area contributed by atoms with E-state index in [2.05, 4.69) is 67.6 Å². The van der Waals surface area contributed by atoms with Crippen molar-refractivity contribution in [1.29, 1.82) is 0 Å². The van der Waals surface area contributed by atoms with Crippen molar-refractivity contribution in [3.05, 3.63) is 82.4 Å². The molecule has 0 saturated heterocycles. The van der Waals surface area contributed by atoms with Crippen LogP contribution in [0.4, 0.5) is 17.1 Å². The minimum atomic E-state index is -0.286. The third-order valence-electron chi connectivity index (χ3n) is 9.82. The number of carbonyl (C=O) groups excluding carboxylic acids is 3. The highest BCUT2D eigenvalue weighted by molar-refractivity contribution is 5.95. The lowest BCUT2D eigenvalue weighted by molar-refractivity contribution is -0.131. The number of nitrogens with one attached hydrogen (secondary N) is 3. The van der Waals surface area contributed by atoms with Crippen molar-refractivity contribution >= 4 is 34.8 Å². The number of Topliss-reactive ketones (excluding diaryl/α,β-unsaturated/α-hetero) is 1. The second kappa shape index (κ2) is 32.5. The quantitative estimate of drug-likeness (QED) is 0.0316. The van der Waals surface area contributed by atoms with E-state index in [1.54, 1.807) is 6.92 Å². The molecule has 0 aliphatic carbocycles. The third-order valence-corrected chi connectivity index (χ3v) is 9.82. The Labute approximate surface area is 358 Å². The van der Waals surface area contributed by atoms with Crippen LogP contribution < -0.4 is 25.6 Å². The Bertz CT molecular complexity index is 1620. The van der Waals surface area contributed by atoms with Crippen LogP contribution in [-0.4, -0.2) is 63.6 Å². The number of ether oxygens (including phenoxy) is 2. The highest BCUT2D eigenvalue weighted by Gasteiger charge is 2.14. The third kappa shape index (κ3) is 22.5. The lowest BCUT2D eigenvalue weighted by Gasteiger charge is -2.28. The van der Waals surface area contributed by atoms with E-state index in [1.807, 2.05) is 63.2 Å². The predicted molar refractivity (Wildman–Crippen MR) is 251 cm³/mol. The molecular formula is C50H80N4O5. The van der Waals surface area contributed by atoms with Gasteiger partial charge in [-0.15, -0.1) is 0 Å². The molecule has 330 valence electrons. The largest absolute Gasteiger partial charge is 0.461 e. The van der Waals surface area contributed by atoms with Crippen molar-refractivity contribution < 1.29 is 23.9 Å². The number of hydrogen-bond donors (Lipinski definition) is 3. The first-order valence-electron chi connectivity index (χ1n) is 22.6. The van der Waals surface area contributed by atoms with Crippen molar-refractivity contribution in [2.45, 2.75) is 146 Å². The van der Waals surface area contributed by atoms with E-state index in [0.717, 1.165) is 80.1 Å². The molecule has 0 unspecified atom stereocenters. The molecular weight excluding hydrogens is 737 g/mol. The molecule has 0 saturated carbocycles. The van der Waals surface area contributed by atoms with Crippen LogP contribution in [0.25, 0.3) is 0 Å². The fraction of sp³-hybridized carbons (Fsp3) is 0.580. The number of rotatable bonds is 26. The topological polar surface area (TPSA) is 109 Å². The van der Waals surface area contributed by atoms with Crippen LogP contribution in [0.3, 0.4) is 0 Å². The molecule has 0 amide bonds. The van der Waals surface area contributed by atoms with Crippen molar-refractivity contribution in [3.8, 4) is 5.75 Å². The Morgan fingerprint density at radius 3 is 1.68 bits per heavy atom. The first-order chi connectivity index (χ1) is 28.4. The van der Waals surface area contributed by atoms with Crippen LogP contribution in [0.1, 0.15) is 163 Å². The summed E-state index contributed by atoms with van der Waals surface area (Å²) in [5, 5.41) is 9.85. The van der Waals surface area contributed by atoms with Crippen molar-refractivity contribution in [2.75, 3.05) is 61.4 Å². The van der Waals surface area contributed by atoms with Crippen LogP contribution in [0.15, 0.2) is 54.6 Å². The van der Waals surface area contributed by atoms with E-state index in [9.17, 15) is 14.4 Å². The molecule has 3 aromatic rings. The number of ketones is 1. The number of likely N-dealkylation sites (N-methyl/N-ethyl adjacent to an activating group) is 1. The summed E-state index contributed by atoms with van der Waals surface area (Å²) in [5.41, 5.74) is 8.52. The van der Waals surface area contributed by atoms with E-state index in [-0.39, 0.29) is 17.7 Å². The van der Waals surface area contributed by atoms with Gasteiger partial charge in [-0.1, -0.05) is 92.2 Å². The van der Waals surface area contributed by atoms with Crippen LogP contribution in [0.2, 0.25) is 0 Å². The van der Waals surface area contributed by atoms with Gasteiger partial charge < -0.3 is 30.3 Å². The smallest absolute Gasteiger partial charge is 0.338 e. The molecule has 9 nitrogen and oxygen atoms in total. The van der Waals surface area contributed by atoms with Gasteiger partial charge in [0.2, 0.25) is 0 Å². The van der Waals surface area contributed by atoms with E-state index in [4.69, 9.17) is 9.47 Å². The highest BCUT2D eigenvalue weighted by Crippen LogP contribution is 2.26. The minimum absolute atomic E-state index is 0.164. The zero-order chi connectivity index (χ0) is 43.8. The molecule has 0 bridgehead atoms. The maximum atomic E-state index is 11.9. The summed E-state index contributed by atoms with van der Waals surface area (Å²) in [7, 11) is 0. The number of aryl methyl sites for hydroxylation is 3. The van der Waals surface area contributed by atoms with Gasteiger partial charge >= 0.3 is 11.9 Å². The molecule has 3 N–H and O–H groups in total. The standard InChI is InChI=1S/C21H35NO.C16H26N2O2.C13H19NO2/c1-5-8-11-12-19-13-14-20(18(4)23)17-21(19)22(15-9-6-2)16-10-7-3;1-4-6-9-18-15-8-7-14(12-13(15)3)16(19)20-11-10-17-5-2;1-4-5-8-14-13-7-6-12(9-10(13)2)16-11(3)15/h13-14,17H,5-12,15-16H2,1-4H3;7-8,12,17-18H,4-6,9-11H2,1-3H3;6-7,9,14H,4-5,8H2,1-3H3. The summed E-state index contributed by atoms with van der Waals surface area (Å²) in [6, 6.07) is 17.6. The summed E-state index contributed by atoms with van der Waals surface area (Å²) in [6.45, 7) is 26.3. The van der Waals surface area contributed by atoms with Gasteiger partial charge in [-0.2, -0.15) is 0 Å². The summed E-state index contributed by atoms with van der Waals surface area (Å²) < 4.78 is 10.2. The fourth-order valence-electron chi connectivity index (χ4n) is 6.23. The maximum Gasteiger partial charge on any atom is 0.338 e. The second-order valence-electron chi connectivity index (χ2n) is 15.2.